The summed E-state index contributed by atoms with van der Waals surface area (Å²) < 4.78 is 40.5. The number of para-hydroxylation sites is 1. The van der Waals surface area contributed by atoms with E-state index < -0.39 is 32.7 Å². The highest BCUT2D eigenvalue weighted by atomic mass is 32.2. The topological polar surface area (TPSA) is 107 Å². The van der Waals surface area contributed by atoms with Gasteiger partial charge in [0.05, 0.1) is 0 Å². The maximum Gasteiger partial charge on any atom is 0.308 e. The van der Waals surface area contributed by atoms with Crippen molar-refractivity contribution in [3.63, 3.8) is 0 Å². The van der Waals surface area contributed by atoms with Gasteiger partial charge >= 0.3 is 11.9 Å². The molecule has 0 fully saturated rings. The largest absolute Gasteiger partial charge is 0.423 e. The molecule has 0 aromatic heterocycles. The van der Waals surface area contributed by atoms with E-state index in [1.165, 1.54) is 12.1 Å². The van der Waals surface area contributed by atoms with Gasteiger partial charge in [0.15, 0.2) is 11.5 Å². The van der Waals surface area contributed by atoms with Crippen molar-refractivity contribution >= 4 is 22.1 Å². The summed E-state index contributed by atoms with van der Waals surface area (Å²) in [7, 11) is -4.61. The number of hydrogen-bond donors (Lipinski definition) is 1. The summed E-state index contributed by atoms with van der Waals surface area (Å²) >= 11 is 0. The molecule has 0 bridgehead atoms. The molecule has 0 aliphatic heterocycles. The van der Waals surface area contributed by atoms with E-state index in [4.69, 9.17) is 9.29 Å². The molecule has 0 heterocycles. The van der Waals surface area contributed by atoms with Gasteiger partial charge in [-0.25, -0.2) is 0 Å². The molecule has 8 heteroatoms. The summed E-state index contributed by atoms with van der Waals surface area (Å²) in [6.07, 6.45) is 0. The van der Waals surface area contributed by atoms with Crippen LogP contribution in [-0.4, -0.2) is 24.9 Å². The average molecular weight is 274 g/mol. The lowest BCUT2D eigenvalue weighted by Gasteiger charge is -2.11. The monoisotopic (exact) mass is 274 g/mol. The van der Waals surface area contributed by atoms with Crippen LogP contribution in [0.1, 0.15) is 13.8 Å². The molecule has 1 rings (SSSR count). The van der Waals surface area contributed by atoms with Crippen molar-refractivity contribution < 1.29 is 32.0 Å². The van der Waals surface area contributed by atoms with E-state index in [1.54, 1.807) is 0 Å². The van der Waals surface area contributed by atoms with E-state index in [2.05, 4.69) is 4.74 Å². The molecule has 98 valence electrons. The summed E-state index contributed by atoms with van der Waals surface area (Å²) in [5, 5.41) is 0. The van der Waals surface area contributed by atoms with Crippen LogP contribution in [0.3, 0.4) is 0 Å². The van der Waals surface area contributed by atoms with E-state index in [-0.39, 0.29) is 5.75 Å². The van der Waals surface area contributed by atoms with Crippen molar-refractivity contribution in [2.75, 3.05) is 0 Å². The fourth-order valence-electron chi connectivity index (χ4n) is 1.18. The zero-order valence-electron chi connectivity index (χ0n) is 9.54. The van der Waals surface area contributed by atoms with Crippen LogP contribution in [0.4, 0.5) is 0 Å². The normalized spacial score (nSPS) is 10.8. The van der Waals surface area contributed by atoms with Crippen LogP contribution in [0.15, 0.2) is 23.1 Å². The molecule has 7 nitrogen and oxygen atoms in total. The van der Waals surface area contributed by atoms with Crippen molar-refractivity contribution in [2.45, 2.75) is 18.7 Å². The Labute approximate surface area is 103 Å². The highest BCUT2D eigenvalue weighted by Gasteiger charge is 2.22. The summed E-state index contributed by atoms with van der Waals surface area (Å²) in [6, 6.07) is 3.48. The molecule has 1 N–H and O–H groups in total. The third-order valence-corrected chi connectivity index (χ3v) is 2.60. The van der Waals surface area contributed by atoms with Crippen LogP contribution in [0, 0.1) is 0 Å². The van der Waals surface area contributed by atoms with Gasteiger partial charge in [-0.2, -0.15) is 8.42 Å². The third-order valence-electron chi connectivity index (χ3n) is 1.72. The smallest absolute Gasteiger partial charge is 0.308 e. The van der Waals surface area contributed by atoms with Gasteiger partial charge in [0.2, 0.25) is 0 Å². The van der Waals surface area contributed by atoms with Gasteiger partial charge in [-0.1, -0.05) is 6.07 Å². The summed E-state index contributed by atoms with van der Waals surface area (Å²) in [5.41, 5.74) is 0. The molecule has 0 spiro atoms. The minimum atomic E-state index is -4.61. The van der Waals surface area contributed by atoms with E-state index in [0.717, 1.165) is 19.9 Å². The molecule has 0 saturated heterocycles. The van der Waals surface area contributed by atoms with Gasteiger partial charge in [-0.05, 0) is 12.1 Å². The van der Waals surface area contributed by atoms with Crippen LogP contribution in [0.25, 0.3) is 0 Å². The van der Waals surface area contributed by atoms with Gasteiger partial charge in [-0.15, -0.1) is 0 Å². The predicted molar refractivity (Wildman–Crippen MR) is 58.9 cm³/mol. The first-order valence-corrected chi connectivity index (χ1v) is 6.13. The van der Waals surface area contributed by atoms with Crippen molar-refractivity contribution in [1.82, 2.24) is 0 Å². The maximum absolute atomic E-state index is 11.1. The molecule has 1 aromatic rings. The number of esters is 2. The lowest BCUT2D eigenvalue weighted by atomic mass is 10.3. The van der Waals surface area contributed by atoms with Crippen molar-refractivity contribution in [2.24, 2.45) is 0 Å². The molecular formula is C10H10O7S. The van der Waals surface area contributed by atoms with Gasteiger partial charge in [0, 0.05) is 13.8 Å². The van der Waals surface area contributed by atoms with Crippen LogP contribution in [0.5, 0.6) is 11.5 Å². The lowest BCUT2D eigenvalue weighted by Crippen LogP contribution is -2.11. The Morgan fingerprint density at radius 2 is 1.67 bits per heavy atom. The molecule has 0 saturated carbocycles. The highest BCUT2D eigenvalue weighted by Crippen LogP contribution is 2.34. The molecule has 0 atom stereocenters. The standard InChI is InChI=1S/C10H10O7S/c1-6(11)16-8-4-3-5-9(18(13,14)15)10(8)17-7(2)12/h3-5H,1-2H3,(H,13,14,15). The first-order valence-electron chi connectivity index (χ1n) is 4.69. The Balaban J connectivity index is 3.44. The SMILES string of the molecule is CC(=O)Oc1cccc(S(=O)(=O)O)c1OC(C)=O. The minimum absolute atomic E-state index is 0.271. The quantitative estimate of drug-likeness (QED) is 0.493. The van der Waals surface area contributed by atoms with E-state index in [1.807, 2.05) is 0 Å². The van der Waals surface area contributed by atoms with E-state index in [0.29, 0.717) is 0 Å². The van der Waals surface area contributed by atoms with Crippen molar-refractivity contribution in [3.05, 3.63) is 18.2 Å². The Bertz CT molecular complexity index is 588. The molecule has 1 aromatic carbocycles. The Morgan fingerprint density at radius 3 is 2.11 bits per heavy atom. The molecule has 0 aliphatic carbocycles. The zero-order chi connectivity index (χ0) is 13.9. The predicted octanol–water partition coefficient (Wildman–Crippen LogP) is 0.784. The summed E-state index contributed by atoms with van der Waals surface area (Å²) in [4.78, 5) is 21.1. The number of carbonyl (C=O) groups is 2. The molecule has 18 heavy (non-hydrogen) atoms. The second-order valence-electron chi connectivity index (χ2n) is 3.25. The fourth-order valence-corrected chi connectivity index (χ4v) is 1.81. The van der Waals surface area contributed by atoms with Gasteiger partial charge < -0.3 is 9.47 Å². The van der Waals surface area contributed by atoms with Crippen LogP contribution in [-0.2, 0) is 19.7 Å². The Hall–Kier alpha value is -1.93. The van der Waals surface area contributed by atoms with Gasteiger partial charge in [-0.3, -0.25) is 14.1 Å². The molecule has 0 unspecified atom stereocenters. The Kier molecular flexibility index (Phi) is 4.04. The minimum Gasteiger partial charge on any atom is -0.423 e. The molecule has 0 radical (unpaired) electrons. The van der Waals surface area contributed by atoms with Crippen molar-refractivity contribution in [1.29, 1.82) is 0 Å². The van der Waals surface area contributed by atoms with Gasteiger partial charge in [0.25, 0.3) is 10.1 Å². The number of rotatable bonds is 3. The fraction of sp³-hybridized carbons (Fsp3) is 0.200. The van der Waals surface area contributed by atoms with E-state index in [9.17, 15) is 18.0 Å². The number of ether oxygens (including phenoxy) is 2. The second kappa shape index (κ2) is 5.15. The van der Waals surface area contributed by atoms with Crippen molar-refractivity contribution in [3.8, 4) is 11.5 Å². The van der Waals surface area contributed by atoms with Crippen LogP contribution in [0.2, 0.25) is 0 Å². The number of carbonyl (C=O) groups excluding carboxylic acids is 2. The van der Waals surface area contributed by atoms with Crippen LogP contribution < -0.4 is 9.47 Å². The molecular weight excluding hydrogens is 264 g/mol. The molecule has 0 aliphatic rings. The first-order chi connectivity index (χ1) is 8.21. The molecule has 0 amide bonds. The van der Waals surface area contributed by atoms with E-state index >= 15 is 0 Å². The van der Waals surface area contributed by atoms with Crippen LogP contribution >= 0.6 is 0 Å². The van der Waals surface area contributed by atoms with Gasteiger partial charge in [0.1, 0.15) is 4.90 Å². The number of hydrogen-bond acceptors (Lipinski definition) is 6. The highest BCUT2D eigenvalue weighted by molar-refractivity contribution is 7.86. The summed E-state index contributed by atoms with van der Waals surface area (Å²) in [6.45, 7) is 2.13. The maximum atomic E-state index is 11.1. The Morgan fingerprint density at radius 1 is 1.11 bits per heavy atom. The zero-order valence-corrected chi connectivity index (χ0v) is 10.4. The lowest BCUT2D eigenvalue weighted by molar-refractivity contribution is -0.134. The third kappa shape index (κ3) is 3.54. The summed E-state index contributed by atoms with van der Waals surface area (Å²) in [5.74, 6) is -2.34. The average Bonchev–Trinajstić information content (AvgIpc) is 2.17. The number of benzene rings is 1. The first kappa shape index (κ1) is 14.1. The second-order valence-corrected chi connectivity index (χ2v) is 4.64.